The second-order valence-corrected chi connectivity index (χ2v) is 7.72. The number of hydrogen-bond donors (Lipinski definition) is 0. The molecule has 0 aromatic carbocycles. The standard InChI is InChI=1S/C19H34N4O5.C2H6/c1-13(2)15(24)9-20(5)16(25)10-21(6)17(26)11-22(7)18(27)12-23(8)19(28)14(3)4;1-2/h13-14H,9-12H2,1-8H3;1-2H3. The van der Waals surface area contributed by atoms with E-state index in [4.69, 9.17) is 0 Å². The van der Waals surface area contributed by atoms with Gasteiger partial charge in [0, 0.05) is 40.0 Å². The number of nitrogens with zero attached hydrogens (tertiary/aromatic N) is 4. The van der Waals surface area contributed by atoms with Crippen LogP contribution in [0.2, 0.25) is 0 Å². The fourth-order valence-corrected chi connectivity index (χ4v) is 2.17. The van der Waals surface area contributed by atoms with Crippen LogP contribution in [-0.2, 0) is 24.0 Å². The molecule has 0 atom stereocenters. The summed E-state index contributed by atoms with van der Waals surface area (Å²) in [6.07, 6.45) is 0. The molecule has 9 heteroatoms. The molecule has 0 N–H and O–H groups in total. The van der Waals surface area contributed by atoms with Crippen LogP contribution < -0.4 is 0 Å². The van der Waals surface area contributed by atoms with Crippen molar-refractivity contribution in [1.82, 2.24) is 19.6 Å². The van der Waals surface area contributed by atoms with Crippen LogP contribution in [0.25, 0.3) is 0 Å². The van der Waals surface area contributed by atoms with E-state index in [1.54, 1.807) is 27.7 Å². The van der Waals surface area contributed by atoms with Crippen LogP contribution in [0.3, 0.4) is 0 Å². The summed E-state index contributed by atoms with van der Waals surface area (Å²) in [4.78, 5) is 65.3. The number of Topliss-reactive ketones (excluding diaryl/α,β-unsaturated/α-hetero) is 1. The third-order valence-electron chi connectivity index (χ3n) is 4.30. The second-order valence-electron chi connectivity index (χ2n) is 7.72. The first kappa shape index (κ1) is 29.7. The largest absolute Gasteiger partial charge is 0.337 e. The van der Waals surface area contributed by atoms with Crippen LogP contribution in [0.15, 0.2) is 0 Å². The minimum absolute atomic E-state index is 0.00681. The Morgan fingerprint density at radius 3 is 1.13 bits per heavy atom. The minimum Gasteiger partial charge on any atom is -0.337 e. The summed E-state index contributed by atoms with van der Waals surface area (Å²) in [5.74, 6) is -1.75. The highest BCUT2D eigenvalue weighted by atomic mass is 16.2. The number of ketones is 1. The van der Waals surface area contributed by atoms with Crippen LogP contribution in [-0.4, -0.2) is 103 Å². The lowest BCUT2D eigenvalue weighted by Gasteiger charge is -2.26. The Kier molecular flexibility index (Phi) is 14.4. The highest BCUT2D eigenvalue weighted by Gasteiger charge is 2.23. The molecule has 0 fully saturated rings. The summed E-state index contributed by atoms with van der Waals surface area (Å²) < 4.78 is 0. The molecule has 0 aromatic rings. The van der Waals surface area contributed by atoms with Gasteiger partial charge in [0.1, 0.15) is 0 Å². The molecule has 174 valence electrons. The Bertz CT molecular complexity index is 604. The molecule has 0 heterocycles. The summed E-state index contributed by atoms with van der Waals surface area (Å²) in [7, 11) is 5.98. The lowest BCUT2D eigenvalue weighted by Crippen LogP contribution is -2.47. The van der Waals surface area contributed by atoms with Gasteiger partial charge in [0.2, 0.25) is 23.6 Å². The SMILES string of the molecule is CC.CC(C)C(=O)CN(C)C(=O)CN(C)C(=O)CN(C)C(=O)CN(C)C(=O)C(C)C. The van der Waals surface area contributed by atoms with Gasteiger partial charge in [-0.25, -0.2) is 0 Å². The normalized spacial score (nSPS) is 10.1. The number of hydrogen-bond acceptors (Lipinski definition) is 5. The molecule has 0 saturated carbocycles. The highest BCUT2D eigenvalue weighted by molar-refractivity contribution is 5.91. The van der Waals surface area contributed by atoms with E-state index in [1.165, 1.54) is 47.8 Å². The van der Waals surface area contributed by atoms with Crippen molar-refractivity contribution in [3.05, 3.63) is 0 Å². The summed E-state index contributed by atoms with van der Waals surface area (Å²) >= 11 is 0. The van der Waals surface area contributed by atoms with Gasteiger partial charge >= 0.3 is 0 Å². The average Bonchev–Trinajstić information content (AvgIpc) is 2.67. The van der Waals surface area contributed by atoms with Gasteiger partial charge in [0.15, 0.2) is 5.78 Å². The molecule has 9 nitrogen and oxygen atoms in total. The third kappa shape index (κ3) is 10.9. The van der Waals surface area contributed by atoms with Gasteiger partial charge in [0.05, 0.1) is 26.2 Å². The quantitative estimate of drug-likeness (QED) is 0.511. The molecule has 0 aliphatic carbocycles. The number of carbonyl (C=O) groups excluding carboxylic acids is 5. The Morgan fingerprint density at radius 1 is 0.533 bits per heavy atom. The predicted molar refractivity (Wildman–Crippen MR) is 117 cm³/mol. The van der Waals surface area contributed by atoms with Crippen molar-refractivity contribution in [1.29, 1.82) is 0 Å². The van der Waals surface area contributed by atoms with E-state index in [1.807, 2.05) is 13.8 Å². The molecule has 0 unspecified atom stereocenters. The van der Waals surface area contributed by atoms with Gasteiger partial charge in [-0.1, -0.05) is 41.5 Å². The third-order valence-corrected chi connectivity index (χ3v) is 4.30. The van der Waals surface area contributed by atoms with E-state index < -0.39 is 5.91 Å². The van der Waals surface area contributed by atoms with Gasteiger partial charge in [-0.05, 0) is 0 Å². The van der Waals surface area contributed by atoms with E-state index >= 15 is 0 Å². The minimum atomic E-state index is -0.411. The van der Waals surface area contributed by atoms with E-state index in [-0.39, 0.29) is 61.5 Å². The first-order valence-electron chi connectivity index (χ1n) is 10.3. The first-order chi connectivity index (χ1) is 13.8. The Morgan fingerprint density at radius 2 is 0.833 bits per heavy atom. The van der Waals surface area contributed by atoms with Gasteiger partial charge in [0.25, 0.3) is 0 Å². The lowest BCUT2D eigenvalue weighted by molar-refractivity contribution is -0.144. The molecule has 0 radical (unpaired) electrons. The van der Waals surface area contributed by atoms with Crippen molar-refractivity contribution in [2.75, 3.05) is 54.4 Å². The number of carbonyl (C=O) groups is 5. The number of rotatable bonds is 10. The lowest BCUT2D eigenvalue weighted by atomic mass is 10.1. The van der Waals surface area contributed by atoms with E-state index in [0.717, 1.165) is 0 Å². The van der Waals surface area contributed by atoms with Gasteiger partial charge in [-0.3, -0.25) is 24.0 Å². The molecule has 0 aliphatic heterocycles. The van der Waals surface area contributed by atoms with Crippen LogP contribution in [0, 0.1) is 11.8 Å². The highest BCUT2D eigenvalue weighted by Crippen LogP contribution is 2.01. The Labute approximate surface area is 181 Å². The smallest absolute Gasteiger partial charge is 0.242 e. The van der Waals surface area contributed by atoms with Gasteiger partial charge < -0.3 is 19.6 Å². The summed E-state index contributed by atoms with van der Waals surface area (Å²) in [5, 5.41) is 0. The zero-order valence-electron chi connectivity index (χ0n) is 20.3. The molecule has 0 rings (SSSR count). The van der Waals surface area contributed by atoms with E-state index in [2.05, 4.69) is 0 Å². The summed E-state index contributed by atoms with van der Waals surface area (Å²) in [6.45, 7) is 10.5. The predicted octanol–water partition coefficient (Wildman–Crippen LogP) is 0.727. The summed E-state index contributed by atoms with van der Waals surface area (Å²) in [6, 6.07) is 0. The molecule has 4 amide bonds. The molecule has 0 spiro atoms. The van der Waals surface area contributed by atoms with Crippen molar-refractivity contribution in [2.45, 2.75) is 41.5 Å². The maximum absolute atomic E-state index is 12.3. The molecule has 0 saturated heterocycles. The Hall–Kier alpha value is -2.45. The molecule has 0 aliphatic rings. The monoisotopic (exact) mass is 428 g/mol. The van der Waals surface area contributed by atoms with E-state index in [9.17, 15) is 24.0 Å². The fraction of sp³-hybridized carbons (Fsp3) is 0.762. The first-order valence-corrected chi connectivity index (χ1v) is 10.3. The van der Waals surface area contributed by atoms with Crippen molar-refractivity contribution in [3.63, 3.8) is 0 Å². The van der Waals surface area contributed by atoms with Crippen molar-refractivity contribution < 1.29 is 24.0 Å². The molecular weight excluding hydrogens is 388 g/mol. The maximum atomic E-state index is 12.3. The van der Waals surface area contributed by atoms with Crippen LogP contribution in [0.4, 0.5) is 0 Å². The fourth-order valence-electron chi connectivity index (χ4n) is 2.17. The average molecular weight is 429 g/mol. The molecular formula is C21H40N4O5. The topological polar surface area (TPSA) is 98.3 Å². The van der Waals surface area contributed by atoms with Crippen molar-refractivity contribution in [3.8, 4) is 0 Å². The van der Waals surface area contributed by atoms with Gasteiger partial charge in [-0.15, -0.1) is 0 Å². The number of amides is 4. The zero-order valence-corrected chi connectivity index (χ0v) is 20.3. The summed E-state index contributed by atoms with van der Waals surface area (Å²) in [5.41, 5.74) is 0. The zero-order chi connectivity index (χ0) is 24.2. The number of likely N-dealkylation sites (N-methyl/N-ethyl adjacent to an activating group) is 4. The Balaban J connectivity index is 0. The second kappa shape index (κ2) is 14.5. The van der Waals surface area contributed by atoms with Crippen LogP contribution in [0.1, 0.15) is 41.5 Å². The van der Waals surface area contributed by atoms with Crippen molar-refractivity contribution in [2.24, 2.45) is 11.8 Å². The van der Waals surface area contributed by atoms with E-state index in [0.29, 0.717) is 0 Å². The maximum Gasteiger partial charge on any atom is 0.242 e. The molecule has 30 heavy (non-hydrogen) atoms. The van der Waals surface area contributed by atoms with Crippen molar-refractivity contribution >= 4 is 29.4 Å². The van der Waals surface area contributed by atoms with Crippen LogP contribution in [0.5, 0.6) is 0 Å². The van der Waals surface area contributed by atoms with Crippen LogP contribution >= 0.6 is 0 Å². The molecule has 0 bridgehead atoms. The van der Waals surface area contributed by atoms with Gasteiger partial charge in [-0.2, -0.15) is 0 Å². The molecule has 0 aromatic heterocycles.